The molecule has 4 heteroatoms. The van der Waals surface area contributed by atoms with Crippen molar-refractivity contribution in [1.29, 1.82) is 0 Å². The van der Waals surface area contributed by atoms with Crippen LogP contribution in [0.25, 0.3) is 0 Å². The van der Waals surface area contributed by atoms with Gasteiger partial charge in [0, 0.05) is 0 Å². The Kier molecular flexibility index (Phi) is 4.20. The van der Waals surface area contributed by atoms with Crippen molar-refractivity contribution in [2.24, 2.45) is 0 Å². The highest BCUT2D eigenvalue weighted by molar-refractivity contribution is 5.73. The van der Waals surface area contributed by atoms with Crippen LogP contribution in [-0.4, -0.2) is 23.4 Å². The van der Waals surface area contributed by atoms with E-state index in [4.69, 9.17) is 10.5 Å². The van der Waals surface area contributed by atoms with E-state index < -0.39 is 0 Å². The Bertz CT molecular complexity index is 426. The molecule has 2 rings (SSSR count). The molecule has 0 heterocycles. The molecule has 1 aliphatic carbocycles. The van der Waals surface area contributed by atoms with E-state index in [1.165, 1.54) is 0 Å². The van der Waals surface area contributed by atoms with Crippen molar-refractivity contribution in [2.45, 2.75) is 51.2 Å². The van der Waals surface area contributed by atoms with Crippen molar-refractivity contribution in [2.75, 3.05) is 17.7 Å². The van der Waals surface area contributed by atoms with Gasteiger partial charge < -0.3 is 20.9 Å². The minimum atomic E-state index is -0.218. The van der Waals surface area contributed by atoms with Crippen LogP contribution in [0.4, 0.5) is 11.4 Å². The van der Waals surface area contributed by atoms with E-state index in [2.05, 4.69) is 5.32 Å². The lowest BCUT2D eigenvalue weighted by Crippen LogP contribution is -2.39. The molecule has 1 aliphatic rings. The van der Waals surface area contributed by atoms with Gasteiger partial charge in [-0.25, -0.2) is 0 Å². The number of aliphatic hydroxyl groups excluding tert-OH is 1. The average molecular weight is 264 g/mol. The molecule has 1 fully saturated rings. The second-order valence-corrected chi connectivity index (χ2v) is 5.65. The van der Waals surface area contributed by atoms with E-state index in [1.807, 2.05) is 32.0 Å². The molecule has 19 heavy (non-hydrogen) atoms. The highest BCUT2D eigenvalue weighted by Crippen LogP contribution is 2.37. The first kappa shape index (κ1) is 14.0. The van der Waals surface area contributed by atoms with E-state index in [0.29, 0.717) is 11.4 Å². The van der Waals surface area contributed by atoms with E-state index in [0.717, 1.165) is 31.4 Å². The topological polar surface area (TPSA) is 67.5 Å². The largest absolute Gasteiger partial charge is 0.489 e. The Labute approximate surface area is 115 Å². The van der Waals surface area contributed by atoms with Gasteiger partial charge >= 0.3 is 0 Å². The summed E-state index contributed by atoms with van der Waals surface area (Å²) in [5.74, 6) is 0.700. The van der Waals surface area contributed by atoms with Gasteiger partial charge in [0.15, 0.2) is 0 Å². The molecule has 0 amide bonds. The quantitative estimate of drug-likeness (QED) is 0.715. The van der Waals surface area contributed by atoms with Crippen LogP contribution in [0.2, 0.25) is 0 Å². The predicted molar refractivity (Wildman–Crippen MR) is 78.5 cm³/mol. The number of benzene rings is 1. The van der Waals surface area contributed by atoms with Crippen molar-refractivity contribution in [3.05, 3.63) is 18.2 Å². The molecule has 0 spiro atoms. The molecular weight excluding hydrogens is 240 g/mol. The average Bonchev–Trinajstić information content (AvgIpc) is 2.83. The summed E-state index contributed by atoms with van der Waals surface area (Å²) < 4.78 is 5.69. The lowest BCUT2D eigenvalue weighted by atomic mass is 9.98. The third-order valence-corrected chi connectivity index (χ3v) is 3.69. The minimum absolute atomic E-state index is 0.0934. The van der Waals surface area contributed by atoms with Gasteiger partial charge in [0.1, 0.15) is 5.75 Å². The highest BCUT2D eigenvalue weighted by Gasteiger charge is 2.33. The van der Waals surface area contributed by atoms with Crippen molar-refractivity contribution in [3.8, 4) is 5.75 Å². The summed E-state index contributed by atoms with van der Waals surface area (Å²) in [6.07, 6.45) is 4.36. The van der Waals surface area contributed by atoms with Gasteiger partial charge in [-0.15, -0.1) is 0 Å². The second-order valence-electron chi connectivity index (χ2n) is 5.65. The minimum Gasteiger partial charge on any atom is -0.489 e. The van der Waals surface area contributed by atoms with Crippen molar-refractivity contribution in [3.63, 3.8) is 0 Å². The zero-order valence-electron chi connectivity index (χ0n) is 11.8. The van der Waals surface area contributed by atoms with Gasteiger partial charge in [-0.2, -0.15) is 0 Å². The number of nitrogens with two attached hydrogens (primary N) is 1. The zero-order chi connectivity index (χ0) is 13.9. The molecule has 0 aliphatic heterocycles. The molecule has 4 N–H and O–H groups in total. The fourth-order valence-electron chi connectivity index (χ4n) is 2.67. The van der Waals surface area contributed by atoms with Gasteiger partial charge in [0.05, 0.1) is 29.6 Å². The number of para-hydroxylation sites is 1. The molecule has 0 saturated heterocycles. The third kappa shape index (κ3) is 3.13. The fourth-order valence-corrected chi connectivity index (χ4v) is 2.67. The normalized spacial score (nSPS) is 17.7. The zero-order valence-corrected chi connectivity index (χ0v) is 11.8. The molecule has 0 aromatic heterocycles. The van der Waals surface area contributed by atoms with Gasteiger partial charge in [-0.3, -0.25) is 0 Å². The van der Waals surface area contributed by atoms with E-state index in [-0.39, 0.29) is 18.2 Å². The first-order valence-corrected chi connectivity index (χ1v) is 7.00. The number of anilines is 2. The number of aliphatic hydroxyl groups is 1. The first-order chi connectivity index (χ1) is 9.06. The van der Waals surface area contributed by atoms with Crippen LogP contribution in [0.15, 0.2) is 18.2 Å². The van der Waals surface area contributed by atoms with Crippen LogP contribution in [0.3, 0.4) is 0 Å². The smallest absolute Gasteiger partial charge is 0.144 e. The van der Waals surface area contributed by atoms with Gasteiger partial charge in [-0.05, 0) is 38.8 Å². The van der Waals surface area contributed by atoms with Crippen molar-refractivity contribution >= 4 is 11.4 Å². The Morgan fingerprint density at radius 3 is 2.63 bits per heavy atom. The maximum atomic E-state index is 9.65. The van der Waals surface area contributed by atoms with Crippen LogP contribution in [0, 0.1) is 0 Å². The molecule has 0 radical (unpaired) electrons. The number of rotatable bonds is 5. The summed E-state index contributed by atoms with van der Waals surface area (Å²) in [5.41, 5.74) is 7.41. The Morgan fingerprint density at radius 1 is 1.37 bits per heavy atom. The number of nitrogen functional groups attached to an aromatic ring is 1. The molecule has 0 unspecified atom stereocenters. The number of hydrogen-bond donors (Lipinski definition) is 3. The maximum Gasteiger partial charge on any atom is 0.144 e. The molecule has 1 saturated carbocycles. The Morgan fingerprint density at radius 2 is 2.05 bits per heavy atom. The molecule has 0 bridgehead atoms. The highest BCUT2D eigenvalue weighted by atomic mass is 16.5. The SMILES string of the molecule is CC(C)Oc1cccc(NC2(CO)CCCC2)c1N. The molecule has 1 aromatic rings. The molecule has 106 valence electrons. The van der Waals surface area contributed by atoms with Gasteiger partial charge in [0.2, 0.25) is 0 Å². The first-order valence-electron chi connectivity index (χ1n) is 7.00. The summed E-state index contributed by atoms with van der Waals surface area (Å²) in [5, 5.41) is 13.1. The van der Waals surface area contributed by atoms with Crippen molar-refractivity contribution in [1.82, 2.24) is 0 Å². The fraction of sp³-hybridized carbons (Fsp3) is 0.600. The lowest BCUT2D eigenvalue weighted by molar-refractivity contribution is 0.214. The molecule has 4 nitrogen and oxygen atoms in total. The van der Waals surface area contributed by atoms with Crippen molar-refractivity contribution < 1.29 is 9.84 Å². The second kappa shape index (κ2) is 5.70. The van der Waals surface area contributed by atoms with E-state index >= 15 is 0 Å². The number of nitrogens with one attached hydrogen (secondary N) is 1. The maximum absolute atomic E-state index is 9.65. The molecule has 1 aromatic carbocycles. The van der Waals surface area contributed by atoms with Crippen LogP contribution < -0.4 is 15.8 Å². The van der Waals surface area contributed by atoms with Crippen LogP contribution >= 0.6 is 0 Å². The van der Waals surface area contributed by atoms with Crippen LogP contribution in [0.5, 0.6) is 5.75 Å². The number of hydrogen-bond acceptors (Lipinski definition) is 4. The van der Waals surface area contributed by atoms with Crippen LogP contribution in [0.1, 0.15) is 39.5 Å². The van der Waals surface area contributed by atoms with Gasteiger partial charge in [-0.1, -0.05) is 18.9 Å². The summed E-state index contributed by atoms with van der Waals surface area (Å²) >= 11 is 0. The lowest BCUT2D eigenvalue weighted by Gasteiger charge is -2.30. The summed E-state index contributed by atoms with van der Waals surface area (Å²) in [6.45, 7) is 4.10. The molecular formula is C15H24N2O2. The van der Waals surface area contributed by atoms with E-state index in [9.17, 15) is 5.11 Å². The predicted octanol–water partition coefficient (Wildman–Crippen LogP) is 2.77. The standard InChI is InChI=1S/C15H24N2O2/c1-11(2)19-13-7-5-6-12(14(13)16)17-15(10-18)8-3-4-9-15/h5-7,11,17-18H,3-4,8-10,16H2,1-2H3. The van der Waals surface area contributed by atoms with Gasteiger partial charge in [0.25, 0.3) is 0 Å². The third-order valence-electron chi connectivity index (χ3n) is 3.69. The summed E-state index contributed by atoms with van der Waals surface area (Å²) in [7, 11) is 0. The molecule has 0 atom stereocenters. The monoisotopic (exact) mass is 264 g/mol. The van der Waals surface area contributed by atoms with E-state index in [1.54, 1.807) is 0 Å². The summed E-state index contributed by atoms with van der Waals surface area (Å²) in [4.78, 5) is 0. The Hall–Kier alpha value is -1.42. The van der Waals surface area contributed by atoms with Crippen LogP contribution in [-0.2, 0) is 0 Å². The summed E-state index contributed by atoms with van der Waals surface area (Å²) in [6, 6.07) is 5.75. The Balaban J connectivity index is 2.20. The number of ether oxygens (including phenoxy) is 1.